The van der Waals surface area contributed by atoms with Crippen LogP contribution in [0.4, 0.5) is 5.82 Å². The largest absolute Gasteiger partial charge is 0.311 e. The summed E-state index contributed by atoms with van der Waals surface area (Å²) < 4.78 is 1.43. The lowest BCUT2D eigenvalue weighted by Gasteiger charge is -2.04. The highest BCUT2D eigenvalue weighted by Crippen LogP contribution is 2.11. The number of amides is 1. The minimum Gasteiger partial charge on any atom is -0.311 e. The summed E-state index contributed by atoms with van der Waals surface area (Å²) in [6.45, 7) is 2.26. The van der Waals surface area contributed by atoms with Gasteiger partial charge in [0, 0.05) is 12.5 Å². The first kappa shape index (κ1) is 25.7. The van der Waals surface area contributed by atoms with Crippen LogP contribution >= 0.6 is 0 Å². The molecule has 0 bridgehead atoms. The zero-order valence-corrected chi connectivity index (χ0v) is 19.8. The van der Waals surface area contributed by atoms with Gasteiger partial charge in [0.25, 0.3) is 5.56 Å². The smallest absolute Gasteiger partial charge is 0.273 e. The summed E-state index contributed by atoms with van der Waals surface area (Å²) in [5.41, 5.74) is 0.558. The first-order valence-corrected chi connectivity index (χ1v) is 12.5. The highest BCUT2D eigenvalue weighted by molar-refractivity contribution is 5.89. The predicted octanol–water partition coefficient (Wildman–Crippen LogP) is 7.14. The molecule has 0 unspecified atom stereocenters. The van der Waals surface area contributed by atoms with Gasteiger partial charge >= 0.3 is 0 Å². The van der Waals surface area contributed by atoms with Gasteiger partial charge in [-0.2, -0.15) is 0 Å². The summed E-state index contributed by atoms with van der Waals surface area (Å²) in [7, 11) is 0. The lowest BCUT2D eigenvalue weighted by molar-refractivity contribution is -0.116. The van der Waals surface area contributed by atoms with Crippen LogP contribution in [0, 0.1) is 0 Å². The SMILES string of the molecule is CCCCCCCCC=CCCCCCCCC(=O)Nc1cc(=O)n(-c2ccccc2)[nH]1. The number of H-pyrrole nitrogens is 1. The number of rotatable bonds is 17. The van der Waals surface area contributed by atoms with Crippen molar-refractivity contribution in [2.75, 3.05) is 5.32 Å². The number of hydrogen-bond donors (Lipinski definition) is 2. The van der Waals surface area contributed by atoms with Crippen LogP contribution in [0.1, 0.15) is 96.8 Å². The second kappa shape index (κ2) is 16.1. The Hall–Kier alpha value is -2.56. The van der Waals surface area contributed by atoms with Crippen LogP contribution in [-0.4, -0.2) is 15.7 Å². The molecular weight excluding hydrogens is 398 g/mol. The molecule has 1 amide bonds. The maximum atomic E-state index is 12.2. The van der Waals surface area contributed by atoms with Crippen molar-refractivity contribution in [2.45, 2.75) is 96.8 Å². The molecule has 2 N–H and O–H groups in total. The van der Waals surface area contributed by atoms with Crippen LogP contribution in [0.2, 0.25) is 0 Å². The Balaban J connectivity index is 1.47. The molecule has 2 rings (SSSR count). The van der Waals surface area contributed by atoms with Gasteiger partial charge in [-0.1, -0.05) is 88.6 Å². The van der Waals surface area contributed by atoms with Gasteiger partial charge in [-0.15, -0.1) is 0 Å². The Morgan fingerprint density at radius 3 is 2.12 bits per heavy atom. The van der Waals surface area contributed by atoms with Crippen molar-refractivity contribution in [3.8, 4) is 5.69 Å². The topological polar surface area (TPSA) is 66.9 Å². The molecular formula is C27H41N3O2. The number of hydrogen-bond acceptors (Lipinski definition) is 2. The minimum absolute atomic E-state index is 0.0518. The minimum atomic E-state index is -0.187. The number of carbonyl (C=O) groups excluding carboxylic acids is 1. The molecule has 176 valence electrons. The van der Waals surface area contributed by atoms with E-state index in [4.69, 9.17) is 0 Å². The number of aromatic nitrogens is 2. The summed E-state index contributed by atoms with van der Waals surface area (Å²) in [6.07, 6.45) is 21.3. The summed E-state index contributed by atoms with van der Waals surface area (Å²) in [4.78, 5) is 24.3. The fourth-order valence-corrected chi connectivity index (χ4v) is 3.80. The van der Waals surface area contributed by atoms with Crippen molar-refractivity contribution < 1.29 is 4.79 Å². The van der Waals surface area contributed by atoms with Crippen LogP contribution < -0.4 is 10.9 Å². The fraction of sp³-hybridized carbons (Fsp3) is 0.556. The Morgan fingerprint density at radius 2 is 1.47 bits per heavy atom. The van der Waals surface area contributed by atoms with Gasteiger partial charge in [0.15, 0.2) is 0 Å². The maximum absolute atomic E-state index is 12.2. The van der Waals surface area contributed by atoms with Crippen LogP contribution in [0.25, 0.3) is 5.69 Å². The van der Waals surface area contributed by atoms with Gasteiger partial charge in [0.05, 0.1) is 5.69 Å². The number of carbonyl (C=O) groups is 1. The third kappa shape index (κ3) is 10.7. The Morgan fingerprint density at radius 1 is 0.875 bits per heavy atom. The molecule has 5 heteroatoms. The number of aromatic amines is 1. The van der Waals surface area contributed by atoms with Crippen LogP contribution in [0.15, 0.2) is 53.3 Å². The third-order valence-electron chi connectivity index (χ3n) is 5.67. The van der Waals surface area contributed by atoms with E-state index < -0.39 is 0 Å². The van der Waals surface area contributed by atoms with E-state index in [-0.39, 0.29) is 11.5 Å². The molecule has 0 saturated heterocycles. The number of benzene rings is 1. The second-order valence-corrected chi connectivity index (χ2v) is 8.56. The van der Waals surface area contributed by atoms with Gasteiger partial charge in [0.1, 0.15) is 5.82 Å². The van der Waals surface area contributed by atoms with E-state index in [2.05, 4.69) is 29.5 Å². The quantitative estimate of drug-likeness (QED) is 0.203. The Labute approximate surface area is 193 Å². The molecule has 0 aliphatic rings. The van der Waals surface area contributed by atoms with E-state index in [0.29, 0.717) is 12.2 Å². The number of allylic oxidation sites excluding steroid dienone is 2. The van der Waals surface area contributed by atoms with Crippen molar-refractivity contribution >= 4 is 11.7 Å². The maximum Gasteiger partial charge on any atom is 0.273 e. The zero-order chi connectivity index (χ0) is 22.9. The van der Waals surface area contributed by atoms with E-state index in [1.165, 1.54) is 81.4 Å². The van der Waals surface area contributed by atoms with Crippen LogP contribution in [0.5, 0.6) is 0 Å². The highest BCUT2D eigenvalue weighted by Gasteiger charge is 2.08. The predicted molar refractivity (Wildman–Crippen MR) is 134 cm³/mol. The average molecular weight is 440 g/mol. The molecule has 0 atom stereocenters. The molecule has 0 radical (unpaired) electrons. The van der Waals surface area contributed by atoms with Crippen molar-refractivity contribution in [1.29, 1.82) is 0 Å². The molecule has 0 aliphatic heterocycles. The lowest BCUT2D eigenvalue weighted by Crippen LogP contribution is -2.13. The van der Waals surface area contributed by atoms with Crippen molar-refractivity contribution in [1.82, 2.24) is 9.78 Å². The Bertz CT molecular complexity index is 836. The van der Waals surface area contributed by atoms with Crippen molar-refractivity contribution in [3.05, 3.63) is 58.9 Å². The van der Waals surface area contributed by atoms with E-state index in [1.807, 2.05) is 30.3 Å². The molecule has 2 aromatic rings. The number of nitrogens with one attached hydrogen (secondary N) is 2. The van der Waals surface area contributed by atoms with Crippen LogP contribution in [0.3, 0.4) is 0 Å². The molecule has 1 aromatic heterocycles. The van der Waals surface area contributed by atoms with Gasteiger partial charge < -0.3 is 5.32 Å². The standard InChI is InChI=1S/C27H41N3O2/c1-2-3-4-5-6-7-8-9-10-11-12-13-14-15-19-22-26(31)28-25-23-27(32)30(29-25)24-20-17-16-18-21-24/h9-10,16-18,20-21,23,29H,2-8,11-15,19,22H2,1H3,(H,28,31). The summed E-state index contributed by atoms with van der Waals surface area (Å²) in [5.74, 6) is 0.390. The third-order valence-corrected chi connectivity index (χ3v) is 5.67. The molecule has 0 spiro atoms. The summed E-state index contributed by atoms with van der Waals surface area (Å²) >= 11 is 0. The zero-order valence-electron chi connectivity index (χ0n) is 19.8. The molecule has 1 aromatic carbocycles. The number of nitrogens with zero attached hydrogens (tertiary/aromatic N) is 1. The average Bonchev–Trinajstić information content (AvgIpc) is 3.16. The van der Waals surface area contributed by atoms with E-state index in [0.717, 1.165) is 18.5 Å². The molecule has 0 fully saturated rings. The van der Waals surface area contributed by atoms with Gasteiger partial charge in [-0.25, -0.2) is 4.68 Å². The number of anilines is 1. The van der Waals surface area contributed by atoms with E-state index in [9.17, 15) is 9.59 Å². The van der Waals surface area contributed by atoms with E-state index >= 15 is 0 Å². The summed E-state index contributed by atoms with van der Waals surface area (Å²) in [6, 6.07) is 10.7. The highest BCUT2D eigenvalue weighted by atomic mass is 16.2. The summed E-state index contributed by atoms with van der Waals surface area (Å²) in [5, 5.41) is 5.75. The van der Waals surface area contributed by atoms with Gasteiger partial charge in [-0.05, 0) is 44.2 Å². The van der Waals surface area contributed by atoms with E-state index in [1.54, 1.807) is 0 Å². The van der Waals surface area contributed by atoms with Crippen molar-refractivity contribution in [3.63, 3.8) is 0 Å². The van der Waals surface area contributed by atoms with Crippen LogP contribution in [-0.2, 0) is 4.79 Å². The normalized spacial score (nSPS) is 11.3. The molecule has 32 heavy (non-hydrogen) atoms. The Kier molecular flexibility index (Phi) is 13.0. The molecule has 1 heterocycles. The monoisotopic (exact) mass is 439 g/mol. The van der Waals surface area contributed by atoms with Crippen molar-refractivity contribution in [2.24, 2.45) is 0 Å². The molecule has 0 saturated carbocycles. The lowest BCUT2D eigenvalue weighted by atomic mass is 10.1. The first-order chi connectivity index (χ1) is 15.7. The fourth-order valence-electron chi connectivity index (χ4n) is 3.80. The van der Waals surface area contributed by atoms with Gasteiger partial charge in [-0.3, -0.25) is 14.7 Å². The second-order valence-electron chi connectivity index (χ2n) is 8.56. The first-order valence-electron chi connectivity index (χ1n) is 12.5. The molecule has 5 nitrogen and oxygen atoms in total. The van der Waals surface area contributed by atoms with Gasteiger partial charge in [0.2, 0.25) is 5.91 Å². The number of unbranched alkanes of at least 4 members (excludes halogenated alkanes) is 11. The number of para-hydroxylation sites is 1. The molecule has 0 aliphatic carbocycles.